The van der Waals surface area contributed by atoms with E-state index in [2.05, 4.69) is 21.2 Å². The summed E-state index contributed by atoms with van der Waals surface area (Å²) in [5.41, 5.74) is 5.87. The molecule has 108 valence electrons. The number of nitrogen functional groups attached to an aromatic ring is 1. The molecule has 2 aromatic rings. The molecule has 0 saturated carbocycles. The van der Waals surface area contributed by atoms with Gasteiger partial charge in [-0.2, -0.15) is 0 Å². The van der Waals surface area contributed by atoms with Gasteiger partial charge in [0.2, 0.25) is 0 Å². The molecule has 0 bridgehead atoms. The van der Waals surface area contributed by atoms with Crippen LogP contribution < -0.4 is 11.1 Å². The molecular formula is C14H10BrFN2O3. The Hall–Kier alpha value is -2.41. The summed E-state index contributed by atoms with van der Waals surface area (Å²) in [6.45, 7) is 0. The summed E-state index contributed by atoms with van der Waals surface area (Å²) in [5.74, 6) is -2.51. The summed E-state index contributed by atoms with van der Waals surface area (Å²) in [7, 11) is 0. The standard InChI is InChI=1S/C14H10BrFN2O3/c15-11-4-2-8(17)6-10(11)13(19)18-12-5-7(16)1-3-9(12)14(20)21/h1-6H,17H2,(H,18,19)(H,20,21). The SMILES string of the molecule is Nc1ccc(Br)c(C(=O)Nc2cc(F)ccc2C(=O)O)c1. The topological polar surface area (TPSA) is 92.4 Å². The lowest BCUT2D eigenvalue weighted by atomic mass is 10.1. The minimum Gasteiger partial charge on any atom is -0.478 e. The van der Waals surface area contributed by atoms with Crippen LogP contribution in [0.4, 0.5) is 15.8 Å². The molecule has 21 heavy (non-hydrogen) atoms. The van der Waals surface area contributed by atoms with Crippen LogP contribution in [0.2, 0.25) is 0 Å². The van der Waals surface area contributed by atoms with Crippen LogP contribution in [-0.4, -0.2) is 17.0 Å². The second kappa shape index (κ2) is 5.92. The molecule has 4 N–H and O–H groups in total. The number of carboxylic acid groups (broad SMARTS) is 1. The first-order chi connectivity index (χ1) is 9.88. The first-order valence-corrected chi connectivity index (χ1v) is 6.57. The van der Waals surface area contributed by atoms with Crippen LogP contribution in [0.15, 0.2) is 40.9 Å². The molecule has 0 spiro atoms. The third kappa shape index (κ3) is 3.38. The van der Waals surface area contributed by atoms with Crippen molar-refractivity contribution in [3.05, 3.63) is 57.8 Å². The van der Waals surface area contributed by atoms with Crippen molar-refractivity contribution >= 4 is 39.2 Å². The minimum atomic E-state index is -1.27. The van der Waals surface area contributed by atoms with Gasteiger partial charge in [-0.05, 0) is 52.3 Å². The third-order valence-corrected chi connectivity index (χ3v) is 3.39. The molecule has 7 heteroatoms. The fraction of sp³-hybridized carbons (Fsp3) is 0. The monoisotopic (exact) mass is 352 g/mol. The highest BCUT2D eigenvalue weighted by Gasteiger charge is 2.16. The number of nitrogens with two attached hydrogens (primary N) is 1. The lowest BCUT2D eigenvalue weighted by Gasteiger charge is -2.10. The van der Waals surface area contributed by atoms with E-state index in [1.54, 1.807) is 12.1 Å². The van der Waals surface area contributed by atoms with Crippen molar-refractivity contribution in [1.82, 2.24) is 0 Å². The minimum absolute atomic E-state index is 0.123. The Balaban J connectivity index is 2.38. The number of halogens is 2. The number of anilines is 2. The van der Waals surface area contributed by atoms with Crippen molar-refractivity contribution in [3.8, 4) is 0 Å². The Bertz CT molecular complexity index is 734. The molecule has 0 unspecified atom stereocenters. The summed E-state index contributed by atoms with van der Waals surface area (Å²) >= 11 is 3.20. The number of aromatic carboxylic acids is 1. The first kappa shape index (κ1) is 15.0. The maximum atomic E-state index is 13.2. The molecule has 0 fully saturated rings. The highest BCUT2D eigenvalue weighted by atomic mass is 79.9. The van der Waals surface area contributed by atoms with Gasteiger partial charge < -0.3 is 16.2 Å². The number of amides is 1. The van der Waals surface area contributed by atoms with E-state index in [1.807, 2.05) is 0 Å². The van der Waals surface area contributed by atoms with E-state index in [9.17, 15) is 14.0 Å². The summed E-state index contributed by atoms with van der Waals surface area (Å²) in [6, 6.07) is 7.66. The predicted octanol–water partition coefficient (Wildman–Crippen LogP) is 3.12. The number of carbonyl (C=O) groups is 2. The van der Waals surface area contributed by atoms with Gasteiger partial charge in [-0.15, -0.1) is 0 Å². The number of hydrogen-bond acceptors (Lipinski definition) is 3. The molecule has 2 rings (SSSR count). The van der Waals surface area contributed by atoms with Crippen LogP contribution in [0, 0.1) is 5.82 Å². The van der Waals surface area contributed by atoms with Gasteiger partial charge in [-0.1, -0.05) is 0 Å². The van der Waals surface area contributed by atoms with Gasteiger partial charge in [0.05, 0.1) is 16.8 Å². The number of carbonyl (C=O) groups excluding carboxylic acids is 1. The number of carboxylic acids is 1. The molecule has 0 radical (unpaired) electrons. The lowest BCUT2D eigenvalue weighted by molar-refractivity contribution is 0.0698. The summed E-state index contributed by atoms with van der Waals surface area (Å²) in [4.78, 5) is 23.2. The van der Waals surface area contributed by atoms with Crippen molar-refractivity contribution in [2.45, 2.75) is 0 Å². The Labute approximate surface area is 127 Å². The predicted molar refractivity (Wildman–Crippen MR) is 79.9 cm³/mol. The van der Waals surface area contributed by atoms with Crippen LogP contribution >= 0.6 is 15.9 Å². The lowest BCUT2D eigenvalue weighted by Crippen LogP contribution is -2.16. The van der Waals surface area contributed by atoms with E-state index in [0.29, 0.717) is 10.2 Å². The third-order valence-electron chi connectivity index (χ3n) is 2.70. The molecule has 2 aromatic carbocycles. The normalized spacial score (nSPS) is 10.2. The van der Waals surface area contributed by atoms with Gasteiger partial charge >= 0.3 is 5.97 Å². The fourth-order valence-electron chi connectivity index (χ4n) is 1.71. The summed E-state index contributed by atoms with van der Waals surface area (Å²) in [5, 5.41) is 11.4. The van der Waals surface area contributed by atoms with Crippen molar-refractivity contribution < 1.29 is 19.1 Å². The maximum absolute atomic E-state index is 13.2. The molecule has 1 amide bonds. The average Bonchev–Trinajstić information content (AvgIpc) is 2.41. The Morgan fingerprint density at radius 3 is 2.52 bits per heavy atom. The second-order valence-corrected chi connectivity index (χ2v) is 5.04. The van der Waals surface area contributed by atoms with Crippen LogP contribution in [0.3, 0.4) is 0 Å². The summed E-state index contributed by atoms with van der Waals surface area (Å²) < 4.78 is 13.7. The molecule has 0 atom stereocenters. The highest BCUT2D eigenvalue weighted by molar-refractivity contribution is 9.10. The molecule has 5 nitrogen and oxygen atoms in total. The van der Waals surface area contributed by atoms with Crippen LogP contribution in [0.1, 0.15) is 20.7 Å². The highest BCUT2D eigenvalue weighted by Crippen LogP contribution is 2.23. The van der Waals surface area contributed by atoms with Crippen molar-refractivity contribution in [1.29, 1.82) is 0 Å². The van der Waals surface area contributed by atoms with Gasteiger partial charge in [0, 0.05) is 10.2 Å². The summed E-state index contributed by atoms with van der Waals surface area (Å²) in [6.07, 6.45) is 0. The number of nitrogens with one attached hydrogen (secondary N) is 1. The maximum Gasteiger partial charge on any atom is 0.337 e. The van der Waals surface area contributed by atoms with Crippen LogP contribution in [0.5, 0.6) is 0 Å². The van der Waals surface area contributed by atoms with Gasteiger partial charge in [-0.25, -0.2) is 9.18 Å². The molecular weight excluding hydrogens is 343 g/mol. The van der Waals surface area contributed by atoms with Crippen molar-refractivity contribution in [2.75, 3.05) is 11.1 Å². The van der Waals surface area contributed by atoms with Gasteiger partial charge in [-0.3, -0.25) is 4.79 Å². The number of rotatable bonds is 3. The molecule has 0 aromatic heterocycles. The average molecular weight is 353 g/mol. The fourth-order valence-corrected chi connectivity index (χ4v) is 2.14. The van der Waals surface area contributed by atoms with Crippen LogP contribution in [-0.2, 0) is 0 Å². The van der Waals surface area contributed by atoms with E-state index in [-0.39, 0.29) is 16.8 Å². The zero-order valence-corrected chi connectivity index (χ0v) is 12.1. The first-order valence-electron chi connectivity index (χ1n) is 5.77. The Morgan fingerprint density at radius 1 is 1.14 bits per heavy atom. The van der Waals surface area contributed by atoms with Gasteiger partial charge in [0.1, 0.15) is 5.82 Å². The van der Waals surface area contributed by atoms with Crippen molar-refractivity contribution in [2.24, 2.45) is 0 Å². The molecule has 0 aliphatic carbocycles. The van der Waals surface area contributed by atoms with E-state index in [1.165, 1.54) is 6.07 Å². The van der Waals surface area contributed by atoms with E-state index >= 15 is 0 Å². The smallest absolute Gasteiger partial charge is 0.337 e. The quantitative estimate of drug-likeness (QED) is 0.740. The number of benzene rings is 2. The van der Waals surface area contributed by atoms with E-state index < -0.39 is 17.7 Å². The van der Waals surface area contributed by atoms with Crippen molar-refractivity contribution in [3.63, 3.8) is 0 Å². The van der Waals surface area contributed by atoms with Gasteiger partial charge in [0.15, 0.2) is 0 Å². The van der Waals surface area contributed by atoms with Gasteiger partial charge in [0.25, 0.3) is 5.91 Å². The molecule has 0 aliphatic heterocycles. The Morgan fingerprint density at radius 2 is 1.86 bits per heavy atom. The van der Waals surface area contributed by atoms with E-state index in [4.69, 9.17) is 10.8 Å². The Kier molecular flexibility index (Phi) is 4.23. The zero-order chi connectivity index (χ0) is 15.6. The zero-order valence-electron chi connectivity index (χ0n) is 10.6. The van der Waals surface area contributed by atoms with Crippen LogP contribution in [0.25, 0.3) is 0 Å². The molecule has 0 aliphatic rings. The van der Waals surface area contributed by atoms with E-state index in [0.717, 1.165) is 18.2 Å². The number of hydrogen-bond donors (Lipinski definition) is 3. The molecule has 0 saturated heterocycles. The molecule has 0 heterocycles. The largest absolute Gasteiger partial charge is 0.478 e. The second-order valence-electron chi connectivity index (χ2n) is 4.19.